The second-order valence-electron chi connectivity index (χ2n) is 9.08. The molecule has 4 rings (SSSR count). The minimum Gasteiger partial charge on any atom is -0.103 e. The number of hydrogen-bond acceptors (Lipinski definition) is 0. The normalized spacial score (nSPS) is 35.3. The van der Waals surface area contributed by atoms with E-state index >= 15 is 0 Å². The fraction of sp³-hybridized carbons (Fsp3) is 1.00. The van der Waals surface area contributed by atoms with E-state index in [2.05, 4.69) is 13.8 Å². The van der Waals surface area contributed by atoms with Crippen molar-refractivity contribution in [3.8, 4) is 0 Å². The smallest absolute Gasteiger partial charge is 0.0152 e. The van der Waals surface area contributed by atoms with Crippen molar-refractivity contribution in [2.45, 2.75) is 103 Å². The van der Waals surface area contributed by atoms with Crippen LogP contribution in [-0.4, -0.2) is 18.0 Å². The summed E-state index contributed by atoms with van der Waals surface area (Å²) in [7, 11) is 0.356. The maximum absolute atomic E-state index is 2.35. The first-order valence-electron chi connectivity index (χ1n) is 11.1. The summed E-state index contributed by atoms with van der Waals surface area (Å²) >= 11 is 0. The van der Waals surface area contributed by atoms with Gasteiger partial charge in [-0.2, -0.15) is 0 Å². The van der Waals surface area contributed by atoms with Crippen LogP contribution in [0.25, 0.3) is 0 Å². The quantitative estimate of drug-likeness (QED) is 0.271. The van der Waals surface area contributed by atoms with E-state index in [0.29, 0.717) is 7.92 Å². The molecule has 0 N–H and O–H groups in total. The highest BCUT2D eigenvalue weighted by Gasteiger charge is 2.49. The Bertz CT molecular complexity index is 297. The van der Waals surface area contributed by atoms with Crippen molar-refractivity contribution in [1.82, 2.24) is 0 Å². The number of unbranched alkanes of at least 4 members (excludes halogenated alkanes) is 6. The van der Waals surface area contributed by atoms with Gasteiger partial charge in [-0.05, 0) is 86.6 Å². The van der Waals surface area contributed by atoms with Crippen molar-refractivity contribution in [3.63, 3.8) is 0 Å². The summed E-state index contributed by atoms with van der Waals surface area (Å²) in [5.74, 6) is 4.67. The summed E-state index contributed by atoms with van der Waals surface area (Å²) in [6.07, 6.45) is 23.3. The van der Waals surface area contributed by atoms with Crippen molar-refractivity contribution in [1.29, 1.82) is 0 Å². The highest BCUT2D eigenvalue weighted by Crippen LogP contribution is 2.63. The molecule has 4 aliphatic rings. The van der Waals surface area contributed by atoms with Gasteiger partial charge in [0.1, 0.15) is 0 Å². The van der Waals surface area contributed by atoms with Crippen LogP contribution in [0.3, 0.4) is 0 Å². The molecule has 1 heteroatoms. The molecule has 0 aliphatic heterocycles. The molecule has 0 atom stereocenters. The Hall–Kier alpha value is 0.430. The lowest BCUT2D eigenvalue weighted by Crippen LogP contribution is -2.47. The molecule has 4 aliphatic carbocycles. The summed E-state index contributed by atoms with van der Waals surface area (Å²) in [6, 6.07) is 0. The molecule has 0 spiro atoms. The lowest BCUT2D eigenvalue weighted by Gasteiger charge is -2.56. The Kier molecular flexibility index (Phi) is 7.30. The highest BCUT2D eigenvalue weighted by atomic mass is 31.1. The van der Waals surface area contributed by atoms with Gasteiger partial charge in [0.05, 0.1) is 0 Å². The molecular weight excluding hydrogens is 295 g/mol. The fourth-order valence-electron chi connectivity index (χ4n) is 6.39. The third-order valence-corrected chi connectivity index (χ3v) is 10.7. The molecule has 0 unspecified atom stereocenters. The Labute approximate surface area is 147 Å². The molecule has 4 fully saturated rings. The van der Waals surface area contributed by atoms with Crippen molar-refractivity contribution in [2.24, 2.45) is 23.7 Å². The number of rotatable bonds is 11. The molecule has 23 heavy (non-hydrogen) atoms. The van der Waals surface area contributed by atoms with Gasteiger partial charge in [-0.1, -0.05) is 52.4 Å². The third kappa shape index (κ3) is 4.74. The molecule has 134 valence electrons. The van der Waals surface area contributed by atoms with Crippen LogP contribution in [0.1, 0.15) is 97.3 Å². The van der Waals surface area contributed by atoms with E-state index in [9.17, 15) is 0 Å². The van der Waals surface area contributed by atoms with Crippen molar-refractivity contribution >= 4 is 7.92 Å². The first-order chi connectivity index (χ1) is 11.3. The summed E-state index contributed by atoms with van der Waals surface area (Å²) in [4.78, 5) is 0. The third-order valence-electron chi connectivity index (χ3n) is 7.20. The minimum atomic E-state index is 0.356. The second-order valence-corrected chi connectivity index (χ2v) is 11.7. The van der Waals surface area contributed by atoms with Gasteiger partial charge < -0.3 is 0 Å². The summed E-state index contributed by atoms with van der Waals surface area (Å²) in [6.45, 7) is 4.71. The van der Waals surface area contributed by atoms with Crippen LogP contribution >= 0.6 is 7.92 Å². The lowest BCUT2D eigenvalue weighted by molar-refractivity contribution is 0.0247. The average Bonchev–Trinajstić information content (AvgIpc) is 2.53. The molecule has 0 heterocycles. The van der Waals surface area contributed by atoms with Crippen LogP contribution in [0.15, 0.2) is 0 Å². The molecule has 0 aromatic carbocycles. The highest BCUT2D eigenvalue weighted by molar-refractivity contribution is 7.58. The standard InChI is InChI=1S/C22H41P/c1-3-5-7-9-11-23(12-10-8-6-4-2)22-20-14-18-13-19(16-20)17-21(22)15-18/h18-22H,3-17H2,1-2H3. The van der Waals surface area contributed by atoms with Gasteiger partial charge in [0.2, 0.25) is 0 Å². The van der Waals surface area contributed by atoms with E-state index in [1.165, 1.54) is 56.0 Å². The van der Waals surface area contributed by atoms with Crippen molar-refractivity contribution in [3.05, 3.63) is 0 Å². The monoisotopic (exact) mass is 336 g/mol. The van der Waals surface area contributed by atoms with E-state index in [-0.39, 0.29) is 0 Å². The summed E-state index contributed by atoms with van der Waals surface area (Å²) in [5.41, 5.74) is 1.21. The molecule has 4 bridgehead atoms. The summed E-state index contributed by atoms with van der Waals surface area (Å²) < 4.78 is 0. The molecule has 0 radical (unpaired) electrons. The minimum absolute atomic E-state index is 0.356. The van der Waals surface area contributed by atoms with Crippen molar-refractivity contribution < 1.29 is 0 Å². The molecule has 0 saturated heterocycles. The predicted molar refractivity (Wildman–Crippen MR) is 106 cm³/mol. The van der Waals surface area contributed by atoms with Gasteiger partial charge in [0, 0.05) is 0 Å². The first kappa shape index (κ1) is 18.2. The van der Waals surface area contributed by atoms with E-state index < -0.39 is 0 Å². The zero-order chi connectivity index (χ0) is 16.1. The van der Waals surface area contributed by atoms with E-state index in [1.807, 2.05) is 0 Å². The maximum atomic E-state index is 2.35. The van der Waals surface area contributed by atoms with Gasteiger partial charge >= 0.3 is 0 Å². The van der Waals surface area contributed by atoms with E-state index in [0.717, 1.165) is 11.8 Å². The Morgan fingerprint density at radius 2 is 1.09 bits per heavy atom. The van der Waals surface area contributed by atoms with Crippen molar-refractivity contribution in [2.75, 3.05) is 12.3 Å². The van der Waals surface area contributed by atoms with Crippen LogP contribution < -0.4 is 0 Å². The van der Waals surface area contributed by atoms with E-state index in [4.69, 9.17) is 0 Å². The molecule has 0 aromatic heterocycles. The predicted octanol–water partition coefficient (Wildman–Crippen LogP) is 7.45. The Morgan fingerprint density at radius 1 is 0.609 bits per heavy atom. The van der Waals surface area contributed by atoms with E-state index in [1.54, 1.807) is 57.3 Å². The number of hydrogen-bond donors (Lipinski definition) is 0. The SMILES string of the molecule is CCCCCCP(CCCCCC)C1C2CC3CC(C2)CC1C3. The van der Waals surface area contributed by atoms with Crippen LogP contribution in [0.4, 0.5) is 0 Å². The topological polar surface area (TPSA) is 0 Å². The molecular formula is C22H41P. The molecule has 4 saturated carbocycles. The summed E-state index contributed by atoms with van der Waals surface area (Å²) in [5, 5.41) is 0. The zero-order valence-electron chi connectivity index (χ0n) is 15.9. The average molecular weight is 337 g/mol. The van der Waals surface area contributed by atoms with Gasteiger partial charge in [-0.15, -0.1) is 7.92 Å². The zero-order valence-corrected chi connectivity index (χ0v) is 16.8. The van der Waals surface area contributed by atoms with Crippen LogP contribution in [0, 0.1) is 23.7 Å². The van der Waals surface area contributed by atoms with Gasteiger partial charge in [0.15, 0.2) is 0 Å². The maximum Gasteiger partial charge on any atom is -0.0152 e. The second kappa shape index (κ2) is 9.22. The van der Waals surface area contributed by atoms with Gasteiger partial charge in [-0.25, -0.2) is 0 Å². The molecule has 0 aromatic rings. The Balaban J connectivity index is 1.55. The van der Waals surface area contributed by atoms with Gasteiger partial charge in [0.25, 0.3) is 0 Å². The largest absolute Gasteiger partial charge is 0.103 e. The molecule has 0 amide bonds. The van der Waals surface area contributed by atoms with Gasteiger partial charge in [-0.3, -0.25) is 0 Å². The van der Waals surface area contributed by atoms with Crippen LogP contribution in [-0.2, 0) is 0 Å². The van der Waals surface area contributed by atoms with Crippen LogP contribution in [0.5, 0.6) is 0 Å². The molecule has 0 nitrogen and oxygen atoms in total. The Morgan fingerprint density at radius 3 is 1.52 bits per heavy atom. The lowest BCUT2D eigenvalue weighted by atomic mass is 9.56. The first-order valence-corrected chi connectivity index (χ1v) is 12.8. The van der Waals surface area contributed by atoms with Crippen LogP contribution in [0.2, 0.25) is 0 Å². The fourth-order valence-corrected chi connectivity index (χ4v) is 10.1.